The first-order chi connectivity index (χ1) is 13.1. The van der Waals surface area contributed by atoms with E-state index in [9.17, 15) is 0 Å². The fourth-order valence-corrected chi connectivity index (χ4v) is 2.96. The predicted octanol–water partition coefficient (Wildman–Crippen LogP) is 1.79. The predicted molar refractivity (Wildman–Crippen MR) is 109 cm³/mol. The largest absolute Gasteiger partial charge is 0.368 e. The molecule has 0 saturated heterocycles. The van der Waals surface area contributed by atoms with Crippen LogP contribution in [0.5, 0.6) is 0 Å². The summed E-state index contributed by atoms with van der Waals surface area (Å²) in [5, 5.41) is 11.9. The van der Waals surface area contributed by atoms with Crippen molar-refractivity contribution in [1.29, 1.82) is 0 Å². The molecule has 0 aliphatic rings. The van der Waals surface area contributed by atoms with Crippen molar-refractivity contribution < 1.29 is 0 Å². The average molecular weight is 366 g/mol. The van der Waals surface area contributed by atoms with Crippen LogP contribution in [0.4, 0.5) is 5.82 Å². The van der Waals surface area contributed by atoms with Gasteiger partial charge in [0, 0.05) is 40.8 Å². The molecular formula is C19H26N8. The van der Waals surface area contributed by atoms with Gasteiger partial charge < -0.3 is 15.5 Å². The minimum Gasteiger partial charge on any atom is -0.368 e. The fraction of sp³-hybridized carbons (Fsp3) is 0.368. The maximum atomic E-state index is 4.38. The molecule has 0 fully saturated rings. The highest BCUT2D eigenvalue weighted by Crippen LogP contribution is 2.17. The third kappa shape index (κ3) is 4.33. The molecule has 8 heteroatoms. The molecule has 27 heavy (non-hydrogen) atoms. The van der Waals surface area contributed by atoms with Gasteiger partial charge in [0.15, 0.2) is 11.6 Å². The Morgan fingerprint density at radius 2 is 2.04 bits per heavy atom. The highest BCUT2D eigenvalue weighted by Gasteiger charge is 2.09. The van der Waals surface area contributed by atoms with Crippen LogP contribution >= 0.6 is 0 Å². The summed E-state index contributed by atoms with van der Waals surface area (Å²) in [6.45, 7) is 4.36. The number of benzene rings is 1. The molecule has 0 saturated carbocycles. The van der Waals surface area contributed by atoms with Crippen LogP contribution in [0.3, 0.4) is 0 Å². The molecule has 8 nitrogen and oxygen atoms in total. The number of aliphatic imine (C=N–C) groups is 1. The van der Waals surface area contributed by atoms with Crippen molar-refractivity contribution in [3.8, 4) is 0 Å². The summed E-state index contributed by atoms with van der Waals surface area (Å²) >= 11 is 0. The SMILES string of the molecule is CN=C(NCCNc1ncnc2c1cnn2C)N(C)Cc1ccccc1C. The van der Waals surface area contributed by atoms with E-state index in [-0.39, 0.29) is 0 Å². The van der Waals surface area contributed by atoms with Crippen molar-refractivity contribution in [1.82, 2.24) is 30.0 Å². The van der Waals surface area contributed by atoms with Gasteiger partial charge >= 0.3 is 0 Å². The highest BCUT2D eigenvalue weighted by atomic mass is 15.3. The van der Waals surface area contributed by atoms with Crippen molar-refractivity contribution in [2.45, 2.75) is 13.5 Å². The summed E-state index contributed by atoms with van der Waals surface area (Å²) in [6.07, 6.45) is 3.33. The molecule has 0 aliphatic carbocycles. The minimum absolute atomic E-state index is 0.707. The van der Waals surface area contributed by atoms with Gasteiger partial charge in [-0.25, -0.2) is 9.97 Å². The lowest BCUT2D eigenvalue weighted by atomic mass is 10.1. The Balaban J connectivity index is 1.53. The summed E-state index contributed by atoms with van der Waals surface area (Å²) in [5.74, 6) is 1.65. The van der Waals surface area contributed by atoms with E-state index in [0.717, 1.165) is 35.9 Å². The van der Waals surface area contributed by atoms with Gasteiger partial charge in [0.1, 0.15) is 12.1 Å². The molecule has 0 bridgehead atoms. The molecule has 0 aliphatic heterocycles. The zero-order valence-electron chi connectivity index (χ0n) is 16.3. The molecule has 3 aromatic rings. The summed E-state index contributed by atoms with van der Waals surface area (Å²) in [6, 6.07) is 8.40. The Kier molecular flexibility index (Phi) is 5.85. The van der Waals surface area contributed by atoms with Crippen molar-refractivity contribution in [2.24, 2.45) is 12.0 Å². The smallest absolute Gasteiger partial charge is 0.193 e. The van der Waals surface area contributed by atoms with Gasteiger partial charge in [0.05, 0.1) is 11.6 Å². The monoisotopic (exact) mass is 366 g/mol. The third-order valence-corrected chi connectivity index (χ3v) is 4.47. The maximum Gasteiger partial charge on any atom is 0.193 e. The molecule has 0 spiro atoms. The Morgan fingerprint density at radius 1 is 1.22 bits per heavy atom. The van der Waals surface area contributed by atoms with E-state index in [1.807, 2.05) is 14.1 Å². The van der Waals surface area contributed by atoms with Gasteiger partial charge in [-0.15, -0.1) is 0 Å². The van der Waals surface area contributed by atoms with Crippen LogP contribution in [0.15, 0.2) is 41.8 Å². The lowest BCUT2D eigenvalue weighted by molar-refractivity contribution is 0.477. The van der Waals surface area contributed by atoms with Crippen LogP contribution in [0.1, 0.15) is 11.1 Å². The van der Waals surface area contributed by atoms with Crippen LogP contribution in [0.2, 0.25) is 0 Å². The first-order valence-electron chi connectivity index (χ1n) is 8.93. The average Bonchev–Trinajstić information content (AvgIpc) is 3.05. The molecule has 142 valence electrons. The first-order valence-corrected chi connectivity index (χ1v) is 8.93. The second kappa shape index (κ2) is 8.48. The number of hydrogen-bond acceptors (Lipinski definition) is 5. The number of hydrogen-bond donors (Lipinski definition) is 2. The van der Waals surface area contributed by atoms with Crippen LogP contribution in [-0.2, 0) is 13.6 Å². The lowest BCUT2D eigenvalue weighted by Crippen LogP contribution is -2.40. The number of fused-ring (bicyclic) bond motifs is 1. The molecule has 2 heterocycles. The Bertz CT molecular complexity index is 930. The number of nitrogens with one attached hydrogen (secondary N) is 2. The molecule has 2 aromatic heterocycles. The Labute approximate surface area is 159 Å². The van der Waals surface area contributed by atoms with Crippen molar-refractivity contribution in [3.05, 3.63) is 47.9 Å². The van der Waals surface area contributed by atoms with E-state index in [1.165, 1.54) is 11.1 Å². The van der Waals surface area contributed by atoms with E-state index in [1.54, 1.807) is 24.3 Å². The normalized spacial score (nSPS) is 11.6. The maximum absolute atomic E-state index is 4.38. The van der Waals surface area contributed by atoms with E-state index < -0.39 is 0 Å². The van der Waals surface area contributed by atoms with Gasteiger partial charge in [-0.1, -0.05) is 24.3 Å². The van der Waals surface area contributed by atoms with Gasteiger partial charge in [0.2, 0.25) is 0 Å². The van der Waals surface area contributed by atoms with Crippen molar-refractivity contribution in [2.75, 3.05) is 32.5 Å². The number of rotatable bonds is 6. The number of anilines is 1. The zero-order valence-corrected chi connectivity index (χ0v) is 16.3. The molecule has 3 rings (SSSR count). The van der Waals surface area contributed by atoms with E-state index in [2.05, 4.69) is 66.8 Å². The highest BCUT2D eigenvalue weighted by molar-refractivity contribution is 5.86. The zero-order chi connectivity index (χ0) is 19.2. The summed E-state index contributed by atoms with van der Waals surface area (Å²) in [5.41, 5.74) is 3.39. The van der Waals surface area contributed by atoms with Crippen molar-refractivity contribution in [3.63, 3.8) is 0 Å². The molecular weight excluding hydrogens is 340 g/mol. The summed E-state index contributed by atoms with van der Waals surface area (Å²) in [4.78, 5) is 15.1. The fourth-order valence-electron chi connectivity index (χ4n) is 2.96. The molecule has 1 aromatic carbocycles. The standard InChI is InChI=1S/C19H26N8/c1-14-7-5-6-8-15(14)12-26(3)19(20-2)22-10-9-21-17-16-11-25-27(4)18(16)24-13-23-17/h5-8,11,13H,9-10,12H2,1-4H3,(H,20,22)(H,21,23,24). The quantitative estimate of drug-likeness (QED) is 0.393. The third-order valence-electron chi connectivity index (χ3n) is 4.47. The minimum atomic E-state index is 0.707. The number of guanidine groups is 1. The van der Waals surface area contributed by atoms with Crippen LogP contribution in [-0.4, -0.2) is 57.8 Å². The van der Waals surface area contributed by atoms with E-state index in [0.29, 0.717) is 6.54 Å². The molecule has 0 amide bonds. The Morgan fingerprint density at radius 3 is 2.81 bits per heavy atom. The van der Waals surface area contributed by atoms with Crippen LogP contribution in [0.25, 0.3) is 11.0 Å². The van der Waals surface area contributed by atoms with Crippen molar-refractivity contribution >= 4 is 22.8 Å². The summed E-state index contributed by atoms with van der Waals surface area (Å²) in [7, 11) is 5.71. The summed E-state index contributed by atoms with van der Waals surface area (Å²) < 4.78 is 1.74. The van der Waals surface area contributed by atoms with E-state index in [4.69, 9.17) is 0 Å². The first kappa shape index (κ1) is 18.6. The van der Waals surface area contributed by atoms with Crippen LogP contribution in [0, 0.1) is 6.92 Å². The topological polar surface area (TPSA) is 83.3 Å². The van der Waals surface area contributed by atoms with Crippen LogP contribution < -0.4 is 10.6 Å². The lowest BCUT2D eigenvalue weighted by Gasteiger charge is -2.23. The second-order valence-corrected chi connectivity index (χ2v) is 6.41. The molecule has 0 radical (unpaired) electrons. The van der Waals surface area contributed by atoms with E-state index >= 15 is 0 Å². The molecule has 0 unspecified atom stereocenters. The van der Waals surface area contributed by atoms with Gasteiger partial charge in [0.25, 0.3) is 0 Å². The molecule has 0 atom stereocenters. The number of aryl methyl sites for hydroxylation is 2. The second-order valence-electron chi connectivity index (χ2n) is 6.41. The van der Waals surface area contributed by atoms with Gasteiger partial charge in [-0.2, -0.15) is 5.10 Å². The van der Waals surface area contributed by atoms with Gasteiger partial charge in [-0.3, -0.25) is 9.67 Å². The number of nitrogens with zero attached hydrogens (tertiary/aromatic N) is 6. The van der Waals surface area contributed by atoms with Gasteiger partial charge in [-0.05, 0) is 18.1 Å². The number of aromatic nitrogens is 4. The Hall–Kier alpha value is -3.16. The molecule has 2 N–H and O–H groups in total.